The maximum absolute atomic E-state index is 12.3. The molecule has 6 heteroatoms. The molecule has 1 N–H and O–H groups in total. The number of likely N-dealkylation sites (tertiary alicyclic amines) is 1. The van der Waals surface area contributed by atoms with E-state index in [4.69, 9.17) is 4.74 Å². The normalized spacial score (nSPS) is 16.1. The number of hydrogen-bond acceptors (Lipinski definition) is 4. The third-order valence-corrected chi connectivity index (χ3v) is 3.68. The fourth-order valence-electron chi connectivity index (χ4n) is 2.48. The van der Waals surface area contributed by atoms with Gasteiger partial charge in [0.25, 0.3) is 0 Å². The highest BCUT2D eigenvalue weighted by molar-refractivity contribution is 5.91. The molecule has 6 nitrogen and oxygen atoms in total. The van der Waals surface area contributed by atoms with Crippen molar-refractivity contribution >= 4 is 17.8 Å². The van der Waals surface area contributed by atoms with Gasteiger partial charge in [0.15, 0.2) is 0 Å². The first kappa shape index (κ1) is 17.2. The van der Waals surface area contributed by atoms with Crippen LogP contribution in [0.25, 0.3) is 0 Å². The summed E-state index contributed by atoms with van der Waals surface area (Å²) >= 11 is 0. The minimum absolute atomic E-state index is 0.0352. The summed E-state index contributed by atoms with van der Waals surface area (Å²) in [7, 11) is 0. The molecule has 0 atom stereocenters. The number of ether oxygens (including phenoxy) is 1. The van der Waals surface area contributed by atoms with Crippen LogP contribution in [0.3, 0.4) is 0 Å². The maximum Gasteiger partial charge on any atom is 0.410 e. The van der Waals surface area contributed by atoms with Crippen LogP contribution in [0.5, 0.6) is 0 Å². The van der Waals surface area contributed by atoms with Crippen molar-refractivity contribution < 1.29 is 14.3 Å². The van der Waals surface area contributed by atoms with Gasteiger partial charge in [-0.3, -0.25) is 4.79 Å². The highest BCUT2D eigenvalue weighted by atomic mass is 16.6. The molecule has 1 aromatic heterocycles. The van der Waals surface area contributed by atoms with Gasteiger partial charge in [0.05, 0.1) is 0 Å². The summed E-state index contributed by atoms with van der Waals surface area (Å²) in [5, 5.41) is 2.85. The Morgan fingerprint density at radius 1 is 1.30 bits per heavy atom. The summed E-state index contributed by atoms with van der Waals surface area (Å²) < 4.78 is 5.36. The lowest BCUT2D eigenvalue weighted by atomic mass is 9.96. The number of amides is 2. The van der Waals surface area contributed by atoms with Crippen molar-refractivity contribution in [1.29, 1.82) is 0 Å². The topological polar surface area (TPSA) is 71.5 Å². The fraction of sp³-hybridized carbons (Fsp3) is 0.588. The van der Waals surface area contributed by atoms with E-state index in [-0.39, 0.29) is 17.9 Å². The van der Waals surface area contributed by atoms with E-state index in [0.29, 0.717) is 31.7 Å². The molecule has 0 aromatic carbocycles. The van der Waals surface area contributed by atoms with Gasteiger partial charge in [0, 0.05) is 25.2 Å². The van der Waals surface area contributed by atoms with Crippen molar-refractivity contribution in [2.24, 2.45) is 5.92 Å². The lowest BCUT2D eigenvalue weighted by Crippen LogP contribution is -2.43. The molecule has 0 bridgehead atoms. The lowest BCUT2D eigenvalue weighted by molar-refractivity contribution is -0.121. The second-order valence-corrected chi connectivity index (χ2v) is 6.95. The molecule has 1 aliphatic rings. The van der Waals surface area contributed by atoms with Crippen molar-refractivity contribution in [2.75, 3.05) is 18.4 Å². The molecule has 0 aliphatic carbocycles. The van der Waals surface area contributed by atoms with Gasteiger partial charge in [-0.25, -0.2) is 9.78 Å². The Morgan fingerprint density at radius 3 is 2.52 bits per heavy atom. The van der Waals surface area contributed by atoms with Crippen LogP contribution < -0.4 is 5.32 Å². The van der Waals surface area contributed by atoms with Crippen molar-refractivity contribution in [2.45, 2.75) is 46.1 Å². The van der Waals surface area contributed by atoms with Crippen molar-refractivity contribution in [3.63, 3.8) is 0 Å². The molecule has 1 saturated heterocycles. The van der Waals surface area contributed by atoms with E-state index in [0.717, 1.165) is 5.56 Å². The van der Waals surface area contributed by atoms with E-state index >= 15 is 0 Å². The number of nitrogens with one attached hydrogen (secondary N) is 1. The first-order valence-corrected chi connectivity index (χ1v) is 7.96. The molecule has 2 heterocycles. The van der Waals surface area contributed by atoms with Gasteiger partial charge in [-0.1, -0.05) is 0 Å². The number of piperidine rings is 1. The highest BCUT2D eigenvalue weighted by Crippen LogP contribution is 2.21. The summed E-state index contributed by atoms with van der Waals surface area (Å²) in [6.07, 6.45) is 2.64. The van der Waals surface area contributed by atoms with E-state index in [2.05, 4.69) is 10.3 Å². The number of carbonyl (C=O) groups is 2. The zero-order chi connectivity index (χ0) is 17.0. The Bertz CT molecular complexity index is 573. The molecule has 2 amide bonds. The molecule has 0 unspecified atom stereocenters. The van der Waals surface area contributed by atoms with Gasteiger partial charge < -0.3 is 15.0 Å². The number of aryl methyl sites for hydroxylation is 1. The second-order valence-electron chi connectivity index (χ2n) is 6.95. The summed E-state index contributed by atoms with van der Waals surface area (Å²) in [5.74, 6) is 0.438. The number of nitrogens with zero attached hydrogens (tertiary/aromatic N) is 2. The van der Waals surface area contributed by atoms with Gasteiger partial charge in [0.2, 0.25) is 5.91 Å². The summed E-state index contributed by atoms with van der Waals surface area (Å²) in [4.78, 5) is 30.1. The molecule has 126 valence electrons. The Morgan fingerprint density at radius 2 is 1.96 bits per heavy atom. The molecular formula is C17H25N3O3. The monoisotopic (exact) mass is 319 g/mol. The standard InChI is InChI=1S/C17H25N3O3/c1-12-5-8-18-14(11-12)19-15(21)13-6-9-20(10-7-13)16(22)23-17(2,3)4/h5,8,11,13H,6-7,9-10H2,1-4H3,(H,18,19,21). The fourth-order valence-corrected chi connectivity index (χ4v) is 2.48. The average Bonchev–Trinajstić information content (AvgIpc) is 2.45. The van der Waals surface area contributed by atoms with Crippen LogP contribution in [0.15, 0.2) is 18.3 Å². The highest BCUT2D eigenvalue weighted by Gasteiger charge is 2.30. The van der Waals surface area contributed by atoms with Crippen LogP contribution in [-0.4, -0.2) is 40.6 Å². The first-order valence-electron chi connectivity index (χ1n) is 7.96. The predicted octanol–water partition coefficient (Wildman–Crippen LogP) is 2.98. The Balaban J connectivity index is 1.84. The smallest absolute Gasteiger partial charge is 0.410 e. The van der Waals surface area contributed by atoms with E-state index in [9.17, 15) is 9.59 Å². The SMILES string of the molecule is Cc1ccnc(NC(=O)C2CCN(C(=O)OC(C)(C)C)CC2)c1. The maximum atomic E-state index is 12.3. The molecule has 0 spiro atoms. The number of aromatic nitrogens is 1. The van der Waals surface area contributed by atoms with Crippen LogP contribution in [0.1, 0.15) is 39.2 Å². The average molecular weight is 319 g/mol. The first-order chi connectivity index (χ1) is 10.7. The van der Waals surface area contributed by atoms with Crippen molar-refractivity contribution in [1.82, 2.24) is 9.88 Å². The molecule has 0 saturated carbocycles. The zero-order valence-electron chi connectivity index (χ0n) is 14.3. The minimum atomic E-state index is -0.498. The Kier molecular flexibility index (Phi) is 5.23. The molecule has 0 radical (unpaired) electrons. The predicted molar refractivity (Wildman–Crippen MR) is 88.1 cm³/mol. The largest absolute Gasteiger partial charge is 0.444 e. The Labute approximate surface area is 137 Å². The van der Waals surface area contributed by atoms with E-state index in [1.807, 2.05) is 39.8 Å². The quantitative estimate of drug-likeness (QED) is 0.909. The van der Waals surface area contributed by atoms with Crippen molar-refractivity contribution in [3.05, 3.63) is 23.9 Å². The van der Waals surface area contributed by atoms with E-state index in [1.165, 1.54) is 0 Å². The van der Waals surface area contributed by atoms with Crippen LogP contribution >= 0.6 is 0 Å². The van der Waals surface area contributed by atoms with Crippen LogP contribution in [0, 0.1) is 12.8 Å². The third-order valence-electron chi connectivity index (χ3n) is 3.68. The van der Waals surface area contributed by atoms with Crippen LogP contribution in [0.4, 0.5) is 10.6 Å². The van der Waals surface area contributed by atoms with Gasteiger partial charge in [-0.05, 0) is 58.2 Å². The molecule has 1 fully saturated rings. The molecule has 23 heavy (non-hydrogen) atoms. The molecule has 2 rings (SSSR count). The second kappa shape index (κ2) is 6.98. The molecular weight excluding hydrogens is 294 g/mol. The number of anilines is 1. The van der Waals surface area contributed by atoms with E-state index in [1.54, 1.807) is 11.1 Å². The summed E-state index contributed by atoms with van der Waals surface area (Å²) in [6.45, 7) is 8.57. The Hall–Kier alpha value is -2.11. The third kappa shape index (κ3) is 5.23. The minimum Gasteiger partial charge on any atom is -0.444 e. The lowest BCUT2D eigenvalue weighted by Gasteiger charge is -2.32. The van der Waals surface area contributed by atoms with Crippen LogP contribution in [-0.2, 0) is 9.53 Å². The molecule has 1 aromatic rings. The van der Waals surface area contributed by atoms with Gasteiger partial charge in [0.1, 0.15) is 11.4 Å². The number of pyridine rings is 1. The number of hydrogen-bond donors (Lipinski definition) is 1. The summed E-state index contributed by atoms with van der Waals surface area (Å²) in [6, 6.07) is 3.72. The molecule has 1 aliphatic heterocycles. The summed E-state index contributed by atoms with van der Waals surface area (Å²) in [5.41, 5.74) is 0.553. The van der Waals surface area contributed by atoms with Crippen LogP contribution in [0.2, 0.25) is 0 Å². The number of rotatable bonds is 2. The van der Waals surface area contributed by atoms with Gasteiger partial charge in [-0.2, -0.15) is 0 Å². The van der Waals surface area contributed by atoms with E-state index < -0.39 is 5.60 Å². The number of carbonyl (C=O) groups excluding carboxylic acids is 2. The van der Waals surface area contributed by atoms with Crippen molar-refractivity contribution in [3.8, 4) is 0 Å². The zero-order valence-corrected chi connectivity index (χ0v) is 14.3. The van der Waals surface area contributed by atoms with Gasteiger partial charge >= 0.3 is 6.09 Å². The van der Waals surface area contributed by atoms with Gasteiger partial charge in [-0.15, -0.1) is 0 Å².